The number of hydrogen-bond acceptors (Lipinski definition) is 2. The van der Waals surface area contributed by atoms with E-state index >= 15 is 0 Å². The molecule has 2 nitrogen and oxygen atoms in total. The SMILES string of the molecule is CCN1CCc2ncccc2C1. The second-order valence-corrected chi connectivity index (χ2v) is 3.23. The van der Waals surface area contributed by atoms with Gasteiger partial charge in [-0.3, -0.25) is 9.88 Å². The molecule has 1 aliphatic rings. The van der Waals surface area contributed by atoms with Gasteiger partial charge in [-0.05, 0) is 18.2 Å². The molecule has 0 fully saturated rings. The summed E-state index contributed by atoms with van der Waals surface area (Å²) >= 11 is 0. The Morgan fingerprint density at radius 1 is 1.58 bits per heavy atom. The van der Waals surface area contributed by atoms with Gasteiger partial charge >= 0.3 is 0 Å². The molecular weight excluding hydrogens is 148 g/mol. The molecule has 1 aliphatic heterocycles. The van der Waals surface area contributed by atoms with E-state index in [0.717, 1.165) is 19.5 Å². The van der Waals surface area contributed by atoms with Gasteiger partial charge in [-0.1, -0.05) is 13.0 Å². The maximum absolute atomic E-state index is 4.36. The lowest BCUT2D eigenvalue weighted by Crippen LogP contribution is -2.30. The third-order valence-corrected chi connectivity index (χ3v) is 2.49. The van der Waals surface area contributed by atoms with Crippen molar-refractivity contribution in [3.63, 3.8) is 0 Å². The molecule has 0 bridgehead atoms. The van der Waals surface area contributed by atoms with Crippen molar-refractivity contribution in [2.45, 2.75) is 19.9 Å². The normalized spacial score (nSPS) is 17.4. The van der Waals surface area contributed by atoms with Crippen molar-refractivity contribution in [1.29, 1.82) is 0 Å². The van der Waals surface area contributed by atoms with Crippen LogP contribution in [0.1, 0.15) is 18.2 Å². The van der Waals surface area contributed by atoms with Gasteiger partial charge in [-0.25, -0.2) is 0 Å². The van der Waals surface area contributed by atoms with Gasteiger partial charge in [-0.15, -0.1) is 0 Å². The molecule has 0 atom stereocenters. The van der Waals surface area contributed by atoms with E-state index in [0.29, 0.717) is 0 Å². The Balaban J connectivity index is 2.23. The maximum Gasteiger partial charge on any atom is 0.0461 e. The molecule has 0 N–H and O–H groups in total. The molecule has 0 spiro atoms. The zero-order chi connectivity index (χ0) is 8.39. The summed E-state index contributed by atoms with van der Waals surface area (Å²) in [5, 5.41) is 0. The molecule has 2 heteroatoms. The van der Waals surface area contributed by atoms with E-state index in [1.807, 2.05) is 12.3 Å². The Morgan fingerprint density at radius 2 is 2.50 bits per heavy atom. The van der Waals surface area contributed by atoms with Crippen LogP contribution in [0.5, 0.6) is 0 Å². The number of rotatable bonds is 1. The van der Waals surface area contributed by atoms with Gasteiger partial charge in [0.2, 0.25) is 0 Å². The third-order valence-electron chi connectivity index (χ3n) is 2.49. The van der Waals surface area contributed by atoms with Crippen molar-refractivity contribution >= 4 is 0 Å². The summed E-state index contributed by atoms with van der Waals surface area (Å²) in [5.74, 6) is 0. The zero-order valence-electron chi connectivity index (χ0n) is 7.45. The van der Waals surface area contributed by atoms with Crippen LogP contribution < -0.4 is 0 Å². The largest absolute Gasteiger partial charge is 0.299 e. The van der Waals surface area contributed by atoms with E-state index in [-0.39, 0.29) is 0 Å². The molecule has 0 saturated heterocycles. The van der Waals surface area contributed by atoms with Crippen LogP contribution in [0.25, 0.3) is 0 Å². The average molecular weight is 162 g/mol. The first-order valence-corrected chi connectivity index (χ1v) is 4.55. The van der Waals surface area contributed by atoms with Gasteiger partial charge in [-0.2, -0.15) is 0 Å². The van der Waals surface area contributed by atoms with Crippen molar-refractivity contribution in [2.75, 3.05) is 13.1 Å². The standard InChI is InChI=1S/C10H14N2/c1-2-12-7-5-10-9(8-12)4-3-6-11-10/h3-4,6H,2,5,7-8H2,1H3. The molecule has 0 radical (unpaired) electrons. The second-order valence-electron chi connectivity index (χ2n) is 3.23. The fraction of sp³-hybridized carbons (Fsp3) is 0.500. The minimum absolute atomic E-state index is 1.08. The second kappa shape index (κ2) is 3.23. The summed E-state index contributed by atoms with van der Waals surface area (Å²) in [6.07, 6.45) is 3.00. The molecule has 0 unspecified atom stereocenters. The predicted molar refractivity (Wildman–Crippen MR) is 48.9 cm³/mol. The molecule has 64 valence electrons. The van der Waals surface area contributed by atoms with Gasteiger partial charge in [0, 0.05) is 31.4 Å². The summed E-state index contributed by atoms with van der Waals surface area (Å²) in [7, 11) is 0. The molecule has 0 saturated carbocycles. The predicted octanol–water partition coefficient (Wildman–Crippen LogP) is 1.46. The Hall–Kier alpha value is -0.890. The highest BCUT2D eigenvalue weighted by Gasteiger charge is 2.14. The molecule has 2 heterocycles. The van der Waals surface area contributed by atoms with Gasteiger partial charge < -0.3 is 0 Å². The van der Waals surface area contributed by atoms with Crippen LogP contribution >= 0.6 is 0 Å². The summed E-state index contributed by atoms with van der Waals surface area (Å²) in [6.45, 7) is 5.61. The molecular formula is C10H14N2. The van der Waals surface area contributed by atoms with Crippen LogP contribution in [0.15, 0.2) is 18.3 Å². The lowest BCUT2D eigenvalue weighted by atomic mass is 10.1. The Kier molecular flexibility index (Phi) is 2.09. The van der Waals surface area contributed by atoms with Crippen molar-refractivity contribution in [1.82, 2.24) is 9.88 Å². The third kappa shape index (κ3) is 1.34. The quantitative estimate of drug-likeness (QED) is 0.621. The number of aromatic nitrogens is 1. The number of nitrogens with zero attached hydrogens (tertiary/aromatic N) is 2. The Labute approximate surface area is 73.2 Å². The van der Waals surface area contributed by atoms with Gasteiger partial charge in [0.15, 0.2) is 0 Å². The topological polar surface area (TPSA) is 16.1 Å². The van der Waals surface area contributed by atoms with Gasteiger partial charge in [0.25, 0.3) is 0 Å². The van der Waals surface area contributed by atoms with Crippen LogP contribution in [0.4, 0.5) is 0 Å². The maximum atomic E-state index is 4.36. The minimum Gasteiger partial charge on any atom is -0.299 e. The van der Waals surface area contributed by atoms with Gasteiger partial charge in [0.05, 0.1) is 0 Å². The highest BCUT2D eigenvalue weighted by molar-refractivity contribution is 5.21. The van der Waals surface area contributed by atoms with Crippen LogP contribution in [0, 0.1) is 0 Å². The number of fused-ring (bicyclic) bond motifs is 1. The molecule has 2 rings (SSSR count). The number of hydrogen-bond donors (Lipinski definition) is 0. The van der Waals surface area contributed by atoms with Gasteiger partial charge in [0.1, 0.15) is 0 Å². The van der Waals surface area contributed by atoms with Crippen molar-refractivity contribution in [3.8, 4) is 0 Å². The lowest BCUT2D eigenvalue weighted by Gasteiger charge is -2.26. The first-order chi connectivity index (χ1) is 5.90. The van der Waals surface area contributed by atoms with Crippen LogP contribution in [0.3, 0.4) is 0 Å². The minimum atomic E-state index is 1.08. The summed E-state index contributed by atoms with van der Waals surface area (Å²) in [5.41, 5.74) is 2.70. The van der Waals surface area contributed by atoms with Crippen molar-refractivity contribution in [2.24, 2.45) is 0 Å². The van der Waals surface area contributed by atoms with E-state index in [9.17, 15) is 0 Å². The highest BCUT2D eigenvalue weighted by Crippen LogP contribution is 2.15. The first kappa shape index (κ1) is 7.74. The summed E-state index contributed by atoms with van der Waals surface area (Å²) in [4.78, 5) is 6.81. The average Bonchev–Trinajstić information content (AvgIpc) is 2.17. The number of likely N-dealkylation sites (N-methyl/N-ethyl adjacent to an activating group) is 1. The molecule has 0 aromatic carbocycles. The van der Waals surface area contributed by atoms with E-state index in [1.165, 1.54) is 17.8 Å². The smallest absolute Gasteiger partial charge is 0.0461 e. The molecule has 0 amide bonds. The van der Waals surface area contributed by atoms with E-state index in [2.05, 4.69) is 22.9 Å². The fourth-order valence-electron chi connectivity index (χ4n) is 1.69. The summed E-state index contributed by atoms with van der Waals surface area (Å²) < 4.78 is 0. The summed E-state index contributed by atoms with van der Waals surface area (Å²) in [6, 6.07) is 4.21. The van der Waals surface area contributed by atoms with E-state index in [4.69, 9.17) is 0 Å². The lowest BCUT2D eigenvalue weighted by molar-refractivity contribution is 0.266. The number of pyridine rings is 1. The Morgan fingerprint density at radius 3 is 3.33 bits per heavy atom. The molecule has 1 aromatic heterocycles. The highest BCUT2D eigenvalue weighted by atomic mass is 15.1. The van der Waals surface area contributed by atoms with E-state index < -0.39 is 0 Å². The Bertz CT molecular complexity index is 270. The van der Waals surface area contributed by atoms with Crippen molar-refractivity contribution in [3.05, 3.63) is 29.6 Å². The van der Waals surface area contributed by atoms with Crippen molar-refractivity contribution < 1.29 is 0 Å². The zero-order valence-corrected chi connectivity index (χ0v) is 7.45. The first-order valence-electron chi connectivity index (χ1n) is 4.55. The molecule has 1 aromatic rings. The fourth-order valence-corrected chi connectivity index (χ4v) is 1.69. The van der Waals surface area contributed by atoms with Crippen LogP contribution in [-0.2, 0) is 13.0 Å². The van der Waals surface area contributed by atoms with E-state index in [1.54, 1.807) is 0 Å². The molecule has 0 aliphatic carbocycles. The van der Waals surface area contributed by atoms with Crippen LogP contribution in [0.2, 0.25) is 0 Å². The van der Waals surface area contributed by atoms with Crippen LogP contribution in [-0.4, -0.2) is 23.0 Å². The monoisotopic (exact) mass is 162 g/mol. The molecule has 12 heavy (non-hydrogen) atoms.